The fourth-order valence-electron chi connectivity index (χ4n) is 1.89. The number of alkyl halides is 3. The van der Waals surface area contributed by atoms with Crippen molar-refractivity contribution >= 4 is 11.7 Å². The SMILES string of the molecule is CN(Cc1cnn(C)c1)C(=O)Nc1cccc(OC(F)(F)F)c1. The van der Waals surface area contributed by atoms with E-state index in [4.69, 9.17) is 0 Å². The first-order valence-electron chi connectivity index (χ1n) is 6.58. The maximum absolute atomic E-state index is 12.2. The van der Waals surface area contributed by atoms with Gasteiger partial charge in [0.05, 0.1) is 12.7 Å². The summed E-state index contributed by atoms with van der Waals surface area (Å²) in [5.74, 6) is -0.398. The molecular weight excluding hydrogens is 313 g/mol. The van der Waals surface area contributed by atoms with Crippen LogP contribution >= 0.6 is 0 Å². The number of nitrogens with zero attached hydrogens (tertiary/aromatic N) is 3. The number of rotatable bonds is 4. The lowest BCUT2D eigenvalue weighted by atomic mass is 10.3. The number of amides is 2. The van der Waals surface area contributed by atoms with Gasteiger partial charge in [0.1, 0.15) is 5.75 Å². The van der Waals surface area contributed by atoms with Crippen LogP contribution in [0.1, 0.15) is 5.56 Å². The average Bonchev–Trinajstić information content (AvgIpc) is 2.82. The molecule has 0 aliphatic rings. The molecule has 0 atom stereocenters. The number of ether oxygens (including phenoxy) is 1. The van der Waals surface area contributed by atoms with Crippen molar-refractivity contribution in [2.75, 3.05) is 12.4 Å². The molecule has 1 heterocycles. The van der Waals surface area contributed by atoms with Crippen molar-refractivity contribution in [1.29, 1.82) is 0 Å². The summed E-state index contributed by atoms with van der Waals surface area (Å²) < 4.78 is 42.0. The van der Waals surface area contributed by atoms with Crippen molar-refractivity contribution in [1.82, 2.24) is 14.7 Å². The Morgan fingerprint density at radius 3 is 2.78 bits per heavy atom. The number of urea groups is 1. The highest BCUT2D eigenvalue weighted by molar-refractivity contribution is 5.89. The second-order valence-corrected chi connectivity index (χ2v) is 4.88. The standard InChI is InChI=1S/C14H15F3N4O2/c1-20(8-10-7-18-21(2)9-10)13(22)19-11-4-3-5-12(6-11)23-14(15,16)17/h3-7,9H,8H2,1-2H3,(H,19,22). The lowest BCUT2D eigenvalue weighted by molar-refractivity contribution is -0.274. The molecule has 0 spiro atoms. The van der Waals surface area contributed by atoms with Crippen LogP contribution in [0.25, 0.3) is 0 Å². The Balaban J connectivity index is 1.98. The second-order valence-electron chi connectivity index (χ2n) is 4.88. The second kappa shape index (κ2) is 6.59. The van der Waals surface area contributed by atoms with E-state index in [1.807, 2.05) is 0 Å². The van der Waals surface area contributed by atoms with E-state index in [0.29, 0.717) is 6.54 Å². The van der Waals surface area contributed by atoms with Crippen LogP contribution in [0, 0.1) is 0 Å². The minimum Gasteiger partial charge on any atom is -0.406 e. The summed E-state index contributed by atoms with van der Waals surface area (Å²) in [4.78, 5) is 13.4. The molecule has 0 unspecified atom stereocenters. The molecule has 0 radical (unpaired) electrons. The lowest BCUT2D eigenvalue weighted by Gasteiger charge is -2.17. The number of hydrogen-bond donors (Lipinski definition) is 1. The highest BCUT2D eigenvalue weighted by atomic mass is 19.4. The summed E-state index contributed by atoms with van der Waals surface area (Å²) in [5.41, 5.74) is 1.04. The van der Waals surface area contributed by atoms with Crippen molar-refractivity contribution in [2.24, 2.45) is 7.05 Å². The zero-order valence-corrected chi connectivity index (χ0v) is 12.5. The highest BCUT2D eigenvalue weighted by Gasteiger charge is 2.31. The molecule has 1 aromatic heterocycles. The zero-order chi connectivity index (χ0) is 17.0. The summed E-state index contributed by atoms with van der Waals surface area (Å²) >= 11 is 0. The summed E-state index contributed by atoms with van der Waals surface area (Å²) in [7, 11) is 3.33. The molecule has 2 amide bonds. The molecular formula is C14H15F3N4O2. The van der Waals surface area contributed by atoms with E-state index in [2.05, 4.69) is 15.2 Å². The topological polar surface area (TPSA) is 59.4 Å². The summed E-state index contributed by atoms with van der Waals surface area (Å²) in [6.07, 6.45) is -1.39. The van der Waals surface area contributed by atoms with Gasteiger partial charge >= 0.3 is 12.4 Å². The number of carbonyl (C=O) groups excluding carboxylic acids is 1. The van der Waals surface area contributed by atoms with E-state index in [9.17, 15) is 18.0 Å². The van der Waals surface area contributed by atoms with Gasteiger partial charge in [-0.2, -0.15) is 5.10 Å². The van der Waals surface area contributed by atoms with Crippen LogP contribution in [0.5, 0.6) is 5.75 Å². The van der Waals surface area contributed by atoms with Gasteiger partial charge in [0, 0.05) is 37.6 Å². The molecule has 0 fully saturated rings. The first-order chi connectivity index (χ1) is 10.7. The smallest absolute Gasteiger partial charge is 0.406 e. The highest BCUT2D eigenvalue weighted by Crippen LogP contribution is 2.25. The number of carbonyl (C=O) groups is 1. The van der Waals surface area contributed by atoms with Crippen LogP contribution in [0.15, 0.2) is 36.7 Å². The van der Waals surface area contributed by atoms with Crippen molar-refractivity contribution in [3.63, 3.8) is 0 Å². The number of hydrogen-bond acceptors (Lipinski definition) is 3. The van der Waals surface area contributed by atoms with E-state index in [0.717, 1.165) is 17.7 Å². The van der Waals surface area contributed by atoms with Crippen LogP contribution in [0.2, 0.25) is 0 Å². The molecule has 0 bridgehead atoms. The van der Waals surface area contributed by atoms with Crippen LogP contribution in [-0.4, -0.2) is 34.1 Å². The number of halogens is 3. The minimum atomic E-state index is -4.78. The number of aryl methyl sites for hydroxylation is 1. The van der Waals surface area contributed by atoms with Crippen LogP contribution in [-0.2, 0) is 13.6 Å². The minimum absolute atomic E-state index is 0.204. The molecule has 1 N–H and O–H groups in total. The van der Waals surface area contributed by atoms with E-state index in [1.54, 1.807) is 31.2 Å². The maximum atomic E-state index is 12.2. The van der Waals surface area contributed by atoms with Gasteiger partial charge in [-0.25, -0.2) is 4.79 Å². The number of aromatic nitrogens is 2. The van der Waals surface area contributed by atoms with Gasteiger partial charge in [-0.1, -0.05) is 6.07 Å². The monoisotopic (exact) mass is 328 g/mol. The quantitative estimate of drug-likeness (QED) is 0.939. The summed E-state index contributed by atoms with van der Waals surface area (Å²) in [6.45, 7) is 0.318. The first kappa shape index (κ1) is 16.7. The Bertz CT molecular complexity index is 685. The van der Waals surface area contributed by atoms with Gasteiger partial charge in [-0.05, 0) is 12.1 Å². The van der Waals surface area contributed by atoms with E-state index >= 15 is 0 Å². The third-order valence-electron chi connectivity index (χ3n) is 2.84. The average molecular weight is 328 g/mol. The maximum Gasteiger partial charge on any atom is 0.573 e. The first-order valence-corrected chi connectivity index (χ1v) is 6.58. The van der Waals surface area contributed by atoms with Crippen molar-refractivity contribution in [3.8, 4) is 5.75 Å². The van der Waals surface area contributed by atoms with Crippen LogP contribution in [0.3, 0.4) is 0 Å². The van der Waals surface area contributed by atoms with Gasteiger partial charge in [-0.15, -0.1) is 13.2 Å². The number of benzene rings is 1. The molecule has 2 rings (SSSR count). The predicted molar refractivity (Wildman–Crippen MR) is 76.8 cm³/mol. The molecule has 2 aromatic rings. The molecule has 6 nitrogen and oxygen atoms in total. The Hall–Kier alpha value is -2.71. The molecule has 0 saturated heterocycles. The summed E-state index contributed by atoms with van der Waals surface area (Å²) in [5, 5.41) is 6.50. The molecule has 0 aliphatic carbocycles. The fraction of sp³-hybridized carbons (Fsp3) is 0.286. The Kier molecular flexibility index (Phi) is 4.77. The van der Waals surface area contributed by atoms with Crippen molar-refractivity contribution < 1.29 is 22.7 Å². The zero-order valence-electron chi connectivity index (χ0n) is 12.5. The number of nitrogens with one attached hydrogen (secondary N) is 1. The Morgan fingerprint density at radius 1 is 1.43 bits per heavy atom. The molecule has 124 valence electrons. The van der Waals surface area contributed by atoms with E-state index in [-0.39, 0.29) is 5.69 Å². The van der Waals surface area contributed by atoms with Gasteiger partial charge in [-0.3, -0.25) is 4.68 Å². The Labute approximate surface area is 130 Å². The third-order valence-corrected chi connectivity index (χ3v) is 2.84. The molecule has 0 aliphatic heterocycles. The van der Waals surface area contributed by atoms with Crippen molar-refractivity contribution in [3.05, 3.63) is 42.2 Å². The van der Waals surface area contributed by atoms with E-state index in [1.165, 1.54) is 17.0 Å². The molecule has 1 aromatic carbocycles. The van der Waals surface area contributed by atoms with Gasteiger partial charge in [0.25, 0.3) is 0 Å². The summed E-state index contributed by atoms with van der Waals surface area (Å²) in [6, 6.07) is 4.63. The van der Waals surface area contributed by atoms with Gasteiger partial charge in [0.15, 0.2) is 0 Å². The van der Waals surface area contributed by atoms with E-state index < -0.39 is 18.1 Å². The molecule has 0 saturated carbocycles. The largest absolute Gasteiger partial charge is 0.573 e. The molecule has 9 heteroatoms. The normalized spacial score (nSPS) is 11.2. The lowest BCUT2D eigenvalue weighted by Crippen LogP contribution is -2.30. The molecule has 23 heavy (non-hydrogen) atoms. The Morgan fingerprint density at radius 2 is 2.17 bits per heavy atom. The van der Waals surface area contributed by atoms with Crippen LogP contribution < -0.4 is 10.1 Å². The van der Waals surface area contributed by atoms with Crippen molar-refractivity contribution in [2.45, 2.75) is 12.9 Å². The number of anilines is 1. The van der Waals surface area contributed by atoms with Gasteiger partial charge in [0.2, 0.25) is 0 Å². The third kappa shape index (κ3) is 5.20. The van der Waals surface area contributed by atoms with Crippen LogP contribution in [0.4, 0.5) is 23.7 Å². The van der Waals surface area contributed by atoms with Gasteiger partial charge < -0.3 is 15.0 Å². The fourth-order valence-corrected chi connectivity index (χ4v) is 1.89. The predicted octanol–water partition coefficient (Wildman–Crippen LogP) is 2.98.